The fourth-order valence-corrected chi connectivity index (χ4v) is 3.74. The van der Waals surface area contributed by atoms with Crippen LogP contribution in [0.4, 0.5) is 0 Å². The van der Waals surface area contributed by atoms with Crippen molar-refractivity contribution in [2.75, 3.05) is 19.6 Å². The Hall–Kier alpha value is -0.450. The molecule has 0 aliphatic carbocycles. The smallest absolute Gasteiger partial charge is 0.110 e. The molecule has 1 saturated heterocycles. The summed E-state index contributed by atoms with van der Waals surface area (Å²) in [7, 11) is 0. The van der Waals surface area contributed by atoms with E-state index in [9.17, 15) is 0 Å². The van der Waals surface area contributed by atoms with Crippen LogP contribution in [0.3, 0.4) is 0 Å². The molecule has 2 rings (SSSR count). The Bertz CT molecular complexity index is 390. The van der Waals surface area contributed by atoms with Crippen molar-refractivity contribution in [3.63, 3.8) is 0 Å². The van der Waals surface area contributed by atoms with Crippen molar-refractivity contribution in [3.8, 4) is 0 Å². The van der Waals surface area contributed by atoms with E-state index in [4.69, 9.17) is 0 Å². The zero-order valence-corrected chi connectivity index (χ0v) is 13.5. The molecule has 108 valence electrons. The summed E-state index contributed by atoms with van der Waals surface area (Å²) in [6.45, 7) is 12.6. The molecule has 1 aliphatic rings. The number of rotatable bonds is 5. The van der Waals surface area contributed by atoms with Crippen LogP contribution in [0, 0.1) is 12.8 Å². The monoisotopic (exact) mass is 281 g/mol. The highest BCUT2D eigenvalue weighted by Gasteiger charge is 2.29. The van der Waals surface area contributed by atoms with Crippen molar-refractivity contribution < 1.29 is 0 Å². The predicted molar refractivity (Wildman–Crippen MR) is 82.7 cm³/mol. The van der Waals surface area contributed by atoms with Gasteiger partial charge in [0.25, 0.3) is 0 Å². The van der Waals surface area contributed by atoms with Gasteiger partial charge in [-0.2, -0.15) is 0 Å². The molecule has 0 spiro atoms. The molecular weight excluding hydrogens is 254 g/mol. The van der Waals surface area contributed by atoms with Crippen LogP contribution >= 0.6 is 11.3 Å². The number of nitrogens with zero attached hydrogens (tertiary/aromatic N) is 2. The molecule has 1 fully saturated rings. The van der Waals surface area contributed by atoms with Gasteiger partial charge in [0.05, 0.1) is 6.04 Å². The van der Waals surface area contributed by atoms with Crippen LogP contribution in [0.15, 0.2) is 6.20 Å². The van der Waals surface area contributed by atoms with E-state index in [1.165, 1.54) is 35.8 Å². The molecule has 2 heterocycles. The molecule has 1 aliphatic heterocycles. The van der Waals surface area contributed by atoms with Crippen molar-refractivity contribution in [2.45, 2.75) is 52.6 Å². The van der Waals surface area contributed by atoms with Crippen LogP contribution < -0.4 is 5.32 Å². The Labute approximate surface area is 121 Å². The molecule has 0 amide bonds. The minimum absolute atomic E-state index is 0.466. The molecule has 4 heteroatoms. The minimum Gasteiger partial charge on any atom is -0.314 e. The summed E-state index contributed by atoms with van der Waals surface area (Å²) in [5.74, 6) is 0.726. The second kappa shape index (κ2) is 6.82. The Morgan fingerprint density at radius 2 is 2.37 bits per heavy atom. The summed E-state index contributed by atoms with van der Waals surface area (Å²) in [6, 6.07) is 1.16. The number of piperidine rings is 1. The number of likely N-dealkylation sites (tertiary alicyclic amines) is 1. The maximum absolute atomic E-state index is 4.55. The lowest BCUT2D eigenvalue weighted by molar-refractivity contribution is 0.111. The third-order valence-electron chi connectivity index (χ3n) is 4.14. The zero-order chi connectivity index (χ0) is 13.8. The summed E-state index contributed by atoms with van der Waals surface area (Å²) in [6.07, 6.45) is 4.48. The third kappa shape index (κ3) is 3.77. The van der Waals surface area contributed by atoms with Gasteiger partial charge in [-0.3, -0.25) is 4.90 Å². The van der Waals surface area contributed by atoms with Gasteiger partial charge in [0, 0.05) is 30.2 Å². The Kier molecular flexibility index (Phi) is 5.37. The number of thiazole rings is 1. The van der Waals surface area contributed by atoms with E-state index in [1.54, 1.807) is 0 Å². The van der Waals surface area contributed by atoms with Gasteiger partial charge >= 0.3 is 0 Å². The molecule has 0 saturated carbocycles. The second-order valence-corrected chi connectivity index (χ2v) is 7.07. The lowest BCUT2D eigenvalue weighted by Gasteiger charge is -2.39. The number of aromatic nitrogens is 1. The molecule has 3 unspecified atom stereocenters. The second-order valence-electron chi connectivity index (χ2n) is 5.81. The summed E-state index contributed by atoms with van der Waals surface area (Å²) in [5, 5.41) is 4.95. The molecule has 0 radical (unpaired) electrons. The Morgan fingerprint density at radius 1 is 1.58 bits per heavy atom. The maximum Gasteiger partial charge on any atom is 0.110 e. The van der Waals surface area contributed by atoms with E-state index in [1.807, 2.05) is 17.5 Å². The van der Waals surface area contributed by atoms with Gasteiger partial charge in [-0.1, -0.05) is 13.8 Å². The summed E-state index contributed by atoms with van der Waals surface area (Å²) in [4.78, 5) is 8.45. The van der Waals surface area contributed by atoms with E-state index in [2.05, 4.69) is 42.9 Å². The third-order valence-corrected chi connectivity index (χ3v) is 5.22. The Morgan fingerprint density at radius 3 is 2.95 bits per heavy atom. The quantitative estimate of drug-likeness (QED) is 0.898. The van der Waals surface area contributed by atoms with Crippen LogP contribution in [-0.4, -0.2) is 35.6 Å². The normalized spacial score (nSPS) is 26.5. The predicted octanol–water partition coefficient (Wildman–Crippen LogP) is 3.22. The molecule has 0 aromatic carbocycles. The number of hydrogen-bond acceptors (Lipinski definition) is 4. The summed E-state index contributed by atoms with van der Waals surface area (Å²) < 4.78 is 0. The van der Waals surface area contributed by atoms with E-state index >= 15 is 0 Å². The minimum atomic E-state index is 0.466. The highest BCUT2D eigenvalue weighted by Crippen LogP contribution is 2.29. The molecule has 1 aromatic heterocycles. The molecule has 3 atom stereocenters. The van der Waals surface area contributed by atoms with E-state index in [-0.39, 0.29) is 0 Å². The fraction of sp³-hybridized carbons (Fsp3) is 0.800. The van der Waals surface area contributed by atoms with E-state index in [0.29, 0.717) is 12.1 Å². The lowest BCUT2D eigenvalue weighted by Crippen LogP contribution is -2.49. The van der Waals surface area contributed by atoms with Gasteiger partial charge in [0.1, 0.15) is 5.01 Å². The number of aryl methyl sites for hydroxylation is 1. The van der Waals surface area contributed by atoms with Crippen LogP contribution in [-0.2, 0) is 0 Å². The lowest BCUT2D eigenvalue weighted by atomic mass is 9.93. The van der Waals surface area contributed by atoms with Gasteiger partial charge in [0.15, 0.2) is 0 Å². The van der Waals surface area contributed by atoms with Crippen LogP contribution in [0.5, 0.6) is 0 Å². The maximum atomic E-state index is 4.55. The number of hydrogen-bond donors (Lipinski definition) is 1. The van der Waals surface area contributed by atoms with E-state index in [0.717, 1.165) is 12.5 Å². The average Bonchev–Trinajstić information content (AvgIpc) is 2.83. The molecule has 19 heavy (non-hydrogen) atoms. The first-order chi connectivity index (χ1) is 9.11. The van der Waals surface area contributed by atoms with Crippen LogP contribution in [0.1, 0.15) is 49.5 Å². The zero-order valence-electron chi connectivity index (χ0n) is 12.6. The van der Waals surface area contributed by atoms with Crippen molar-refractivity contribution in [3.05, 3.63) is 16.1 Å². The first kappa shape index (κ1) is 14.9. The molecule has 3 nitrogen and oxygen atoms in total. The number of nitrogens with one attached hydrogen (secondary N) is 1. The average molecular weight is 281 g/mol. The highest BCUT2D eigenvalue weighted by molar-refractivity contribution is 7.11. The van der Waals surface area contributed by atoms with Crippen molar-refractivity contribution in [1.82, 2.24) is 15.2 Å². The topological polar surface area (TPSA) is 28.2 Å². The van der Waals surface area contributed by atoms with Crippen molar-refractivity contribution in [1.29, 1.82) is 0 Å². The summed E-state index contributed by atoms with van der Waals surface area (Å²) in [5.41, 5.74) is 0. The van der Waals surface area contributed by atoms with Crippen LogP contribution in [0.25, 0.3) is 0 Å². The van der Waals surface area contributed by atoms with Gasteiger partial charge in [0.2, 0.25) is 0 Å². The highest BCUT2D eigenvalue weighted by atomic mass is 32.1. The van der Waals surface area contributed by atoms with Crippen LogP contribution in [0.2, 0.25) is 0 Å². The summed E-state index contributed by atoms with van der Waals surface area (Å²) >= 11 is 1.84. The van der Waals surface area contributed by atoms with Gasteiger partial charge < -0.3 is 5.32 Å². The van der Waals surface area contributed by atoms with Gasteiger partial charge in [-0.15, -0.1) is 11.3 Å². The first-order valence-corrected chi connectivity index (χ1v) is 8.33. The largest absolute Gasteiger partial charge is 0.314 e. The standard InChI is InChI=1S/C15H27N3S/c1-5-7-16-14-6-8-18(10-11(14)2)13(4)15-17-9-12(3)19-15/h9,11,13-14,16H,5-8,10H2,1-4H3. The molecular formula is C15H27N3S. The van der Waals surface area contributed by atoms with Crippen molar-refractivity contribution >= 4 is 11.3 Å². The molecule has 1 N–H and O–H groups in total. The van der Waals surface area contributed by atoms with E-state index < -0.39 is 0 Å². The Balaban J connectivity index is 1.90. The molecule has 0 bridgehead atoms. The van der Waals surface area contributed by atoms with Crippen molar-refractivity contribution in [2.24, 2.45) is 5.92 Å². The first-order valence-electron chi connectivity index (χ1n) is 7.51. The molecule has 1 aromatic rings. The van der Waals surface area contributed by atoms with Gasteiger partial charge in [-0.05, 0) is 39.2 Å². The fourth-order valence-electron chi connectivity index (χ4n) is 2.88. The SMILES string of the molecule is CCCNC1CCN(C(C)c2ncc(C)s2)CC1C. The van der Waals surface area contributed by atoms with Gasteiger partial charge in [-0.25, -0.2) is 4.98 Å².